The topological polar surface area (TPSA) is 46.3 Å². The highest BCUT2D eigenvalue weighted by molar-refractivity contribution is 5.47. The maximum Gasteiger partial charge on any atom is 0.312 e. The van der Waals surface area contributed by atoms with Crippen molar-refractivity contribution in [3.63, 3.8) is 0 Å². The van der Waals surface area contributed by atoms with Gasteiger partial charge in [-0.25, -0.2) is 0 Å². The third kappa shape index (κ3) is 2.58. The van der Waals surface area contributed by atoms with E-state index >= 15 is 0 Å². The maximum atomic E-state index is 9.87. The third-order valence-electron chi connectivity index (χ3n) is 0.910. The van der Waals surface area contributed by atoms with Crippen molar-refractivity contribution in [1.29, 1.82) is 0 Å². The summed E-state index contributed by atoms with van der Waals surface area (Å²) in [5.74, 6) is 0. The maximum absolute atomic E-state index is 9.87. The summed E-state index contributed by atoms with van der Waals surface area (Å²) in [6.45, 7) is 3.71. The fraction of sp³-hybridized carbons (Fsp3) is 0.800. The Morgan fingerprint density at radius 1 is 1.75 bits per heavy atom. The number of nitrogens with two attached hydrogens (primary N) is 1. The molecule has 47 valence electrons. The quantitative estimate of drug-likeness (QED) is 0.494. The van der Waals surface area contributed by atoms with Crippen LogP contribution in [-0.2, 0) is 4.79 Å². The third-order valence-corrected chi connectivity index (χ3v) is 0.910. The second kappa shape index (κ2) is 4.59. The fourth-order valence-corrected chi connectivity index (χ4v) is 0.424. The summed E-state index contributed by atoms with van der Waals surface area (Å²) < 4.78 is 0. The molecule has 3 nitrogen and oxygen atoms in total. The van der Waals surface area contributed by atoms with Gasteiger partial charge in [0.15, 0.2) is 0 Å². The van der Waals surface area contributed by atoms with E-state index in [2.05, 4.69) is 0 Å². The summed E-state index contributed by atoms with van der Waals surface area (Å²) in [6, 6.07) is 0. The number of likely N-dealkylation sites (N-methyl/N-ethyl adjacent to an activating group) is 1. The van der Waals surface area contributed by atoms with Crippen LogP contribution in [0, 0.1) is 0 Å². The van der Waals surface area contributed by atoms with Crippen LogP contribution in [-0.4, -0.2) is 30.9 Å². The monoisotopic (exact) mass is 115 g/mol. The minimum absolute atomic E-state index is 0.517. The van der Waals surface area contributed by atoms with E-state index in [0.29, 0.717) is 19.6 Å². The molecule has 0 saturated carbocycles. The summed E-state index contributed by atoms with van der Waals surface area (Å²) >= 11 is 0. The molecular weight excluding hydrogens is 104 g/mol. The Bertz CT molecular complexity index is 65.4. The van der Waals surface area contributed by atoms with E-state index in [-0.39, 0.29) is 0 Å². The van der Waals surface area contributed by atoms with Crippen LogP contribution in [0.2, 0.25) is 0 Å². The van der Waals surface area contributed by atoms with Gasteiger partial charge in [0.25, 0.3) is 0 Å². The van der Waals surface area contributed by atoms with E-state index in [1.807, 2.05) is 6.92 Å². The van der Waals surface area contributed by atoms with Gasteiger partial charge in [0.1, 0.15) is 0 Å². The molecule has 0 aromatic rings. The number of hydrogen-bond acceptors (Lipinski definition) is 2. The van der Waals surface area contributed by atoms with Crippen molar-refractivity contribution < 1.29 is 4.79 Å². The molecule has 0 fully saturated rings. The molecule has 8 heavy (non-hydrogen) atoms. The van der Waals surface area contributed by atoms with Gasteiger partial charge < -0.3 is 10.6 Å². The van der Waals surface area contributed by atoms with Gasteiger partial charge in [-0.3, -0.25) is 4.79 Å². The fourth-order valence-electron chi connectivity index (χ4n) is 0.424. The standard InChI is InChI=1S/C5H11N2O/c1-2-7(5-8)4-3-6/h2-4,6H2,1H3. The smallest absolute Gasteiger partial charge is 0.312 e. The van der Waals surface area contributed by atoms with Crippen molar-refractivity contribution in [2.45, 2.75) is 6.92 Å². The molecule has 0 heterocycles. The Hall–Kier alpha value is -0.570. The van der Waals surface area contributed by atoms with Crippen molar-refractivity contribution >= 4 is 6.41 Å². The average molecular weight is 115 g/mol. The van der Waals surface area contributed by atoms with Crippen LogP contribution in [0.1, 0.15) is 6.92 Å². The van der Waals surface area contributed by atoms with Gasteiger partial charge in [-0.05, 0) is 6.92 Å². The van der Waals surface area contributed by atoms with E-state index in [0.717, 1.165) is 0 Å². The van der Waals surface area contributed by atoms with Crippen LogP contribution >= 0.6 is 0 Å². The second-order valence-electron chi connectivity index (χ2n) is 1.46. The lowest BCUT2D eigenvalue weighted by Gasteiger charge is -2.09. The summed E-state index contributed by atoms with van der Waals surface area (Å²) in [5, 5.41) is 0. The van der Waals surface area contributed by atoms with Gasteiger partial charge in [0, 0.05) is 19.6 Å². The molecule has 0 rings (SSSR count). The second-order valence-corrected chi connectivity index (χ2v) is 1.46. The van der Waals surface area contributed by atoms with Crippen molar-refractivity contribution in [3.05, 3.63) is 0 Å². The van der Waals surface area contributed by atoms with E-state index in [1.54, 1.807) is 6.41 Å². The molecule has 1 radical (unpaired) electrons. The summed E-state index contributed by atoms with van der Waals surface area (Å²) in [7, 11) is 0. The SMILES string of the molecule is CCN([C]=O)CCN. The number of rotatable bonds is 4. The zero-order chi connectivity index (χ0) is 6.41. The minimum Gasteiger partial charge on any atom is -0.333 e. The lowest BCUT2D eigenvalue weighted by atomic mass is 10.5. The summed E-state index contributed by atoms with van der Waals surface area (Å²) in [4.78, 5) is 11.4. The molecule has 0 atom stereocenters. The van der Waals surface area contributed by atoms with Crippen molar-refractivity contribution in [1.82, 2.24) is 4.90 Å². The predicted molar refractivity (Wildman–Crippen MR) is 32.0 cm³/mol. The molecular formula is C5H11N2O. The molecule has 0 aliphatic carbocycles. The van der Waals surface area contributed by atoms with Gasteiger partial charge in [-0.1, -0.05) is 0 Å². The Kier molecular flexibility index (Phi) is 4.26. The normalized spacial score (nSPS) is 8.75. The van der Waals surface area contributed by atoms with Crippen LogP contribution in [0.15, 0.2) is 0 Å². The molecule has 0 spiro atoms. The number of nitrogens with zero attached hydrogens (tertiary/aromatic N) is 1. The highest BCUT2D eigenvalue weighted by Gasteiger charge is 1.93. The molecule has 0 aromatic carbocycles. The molecule has 0 aliphatic rings. The molecule has 0 bridgehead atoms. The van der Waals surface area contributed by atoms with Crippen LogP contribution in [0.5, 0.6) is 0 Å². The first-order valence-electron chi connectivity index (χ1n) is 2.68. The first-order chi connectivity index (χ1) is 3.85. The number of amides is 1. The molecule has 2 N–H and O–H groups in total. The van der Waals surface area contributed by atoms with Crippen molar-refractivity contribution in [3.8, 4) is 0 Å². The first-order valence-corrected chi connectivity index (χ1v) is 2.68. The Morgan fingerprint density at radius 3 is 2.50 bits per heavy atom. The van der Waals surface area contributed by atoms with E-state index in [9.17, 15) is 4.79 Å². The highest BCUT2D eigenvalue weighted by Crippen LogP contribution is 1.76. The molecule has 0 unspecified atom stereocenters. The van der Waals surface area contributed by atoms with Crippen LogP contribution < -0.4 is 5.73 Å². The van der Waals surface area contributed by atoms with E-state index in [1.165, 1.54) is 4.90 Å². The lowest BCUT2D eigenvalue weighted by Crippen LogP contribution is -2.27. The molecule has 1 amide bonds. The molecule has 0 aliphatic heterocycles. The molecule has 3 heteroatoms. The van der Waals surface area contributed by atoms with Gasteiger partial charge in [-0.15, -0.1) is 0 Å². The predicted octanol–water partition coefficient (Wildman–Crippen LogP) is -0.666. The molecule has 0 saturated heterocycles. The Balaban J connectivity index is 3.21. The van der Waals surface area contributed by atoms with E-state index < -0.39 is 0 Å². The lowest BCUT2D eigenvalue weighted by molar-refractivity contribution is 0.402. The summed E-state index contributed by atoms with van der Waals surface area (Å²) in [6.07, 6.45) is 1.76. The molecule has 0 aromatic heterocycles. The van der Waals surface area contributed by atoms with Crippen molar-refractivity contribution in [2.75, 3.05) is 19.6 Å². The highest BCUT2D eigenvalue weighted by atomic mass is 16.1. The first kappa shape index (κ1) is 7.43. The number of hydrogen-bond donors (Lipinski definition) is 1. The van der Waals surface area contributed by atoms with Gasteiger partial charge in [-0.2, -0.15) is 0 Å². The van der Waals surface area contributed by atoms with Crippen LogP contribution in [0.3, 0.4) is 0 Å². The number of carbonyl (C=O) groups excluding carboxylic acids is 1. The zero-order valence-electron chi connectivity index (χ0n) is 5.05. The van der Waals surface area contributed by atoms with Crippen LogP contribution in [0.25, 0.3) is 0 Å². The zero-order valence-corrected chi connectivity index (χ0v) is 5.05. The van der Waals surface area contributed by atoms with Gasteiger partial charge >= 0.3 is 6.41 Å². The van der Waals surface area contributed by atoms with E-state index in [4.69, 9.17) is 5.73 Å². The van der Waals surface area contributed by atoms with Crippen molar-refractivity contribution in [2.24, 2.45) is 5.73 Å². The van der Waals surface area contributed by atoms with Gasteiger partial charge in [0.05, 0.1) is 0 Å². The van der Waals surface area contributed by atoms with Crippen LogP contribution in [0.4, 0.5) is 0 Å². The Labute approximate surface area is 49.5 Å². The van der Waals surface area contributed by atoms with Gasteiger partial charge in [0.2, 0.25) is 0 Å². The largest absolute Gasteiger partial charge is 0.333 e. The summed E-state index contributed by atoms with van der Waals surface area (Å²) in [5.41, 5.74) is 5.16. The Morgan fingerprint density at radius 2 is 2.38 bits per heavy atom. The average Bonchev–Trinajstić information content (AvgIpc) is 1.83. The minimum atomic E-state index is 0.517.